The lowest BCUT2D eigenvalue weighted by molar-refractivity contribution is 1.07. The molecule has 0 saturated carbocycles. The number of rotatable bonds is 3. The maximum Gasteiger partial charge on any atom is 0.135 e. The summed E-state index contributed by atoms with van der Waals surface area (Å²) in [6, 6.07) is 12.2. The second-order valence-electron chi connectivity index (χ2n) is 7.14. The summed E-state index contributed by atoms with van der Waals surface area (Å²) in [4.78, 5) is 20.8. The van der Waals surface area contributed by atoms with E-state index in [1.807, 2.05) is 42.2 Å². The van der Waals surface area contributed by atoms with E-state index >= 15 is 0 Å². The van der Waals surface area contributed by atoms with Gasteiger partial charge in [-0.1, -0.05) is 6.07 Å². The lowest BCUT2D eigenvalue weighted by Crippen LogP contribution is -1.89. The summed E-state index contributed by atoms with van der Waals surface area (Å²) < 4.78 is 2.03. The van der Waals surface area contributed by atoms with E-state index in [1.54, 1.807) is 12.4 Å². The molecule has 0 aliphatic rings. The van der Waals surface area contributed by atoms with Crippen LogP contribution in [0, 0.1) is 6.92 Å². The van der Waals surface area contributed by atoms with Gasteiger partial charge in [-0.25, -0.2) is 19.9 Å². The number of pyridine rings is 1. The molecule has 8 nitrogen and oxygen atoms in total. The number of nitrogens with one attached hydrogen (secondary N) is 2. The number of H-pyrrole nitrogens is 2. The Balaban J connectivity index is 1.52. The summed E-state index contributed by atoms with van der Waals surface area (Å²) in [5, 5.41) is 8.70. The molecule has 0 aliphatic carbocycles. The van der Waals surface area contributed by atoms with E-state index < -0.39 is 0 Å². The Kier molecular flexibility index (Phi) is 3.51. The van der Waals surface area contributed by atoms with E-state index in [2.05, 4.69) is 48.3 Å². The third-order valence-electron chi connectivity index (χ3n) is 5.15. The smallest absolute Gasteiger partial charge is 0.135 e. The highest BCUT2D eigenvalue weighted by Crippen LogP contribution is 2.31. The highest BCUT2D eigenvalue weighted by molar-refractivity contribution is 5.97. The summed E-state index contributed by atoms with van der Waals surface area (Å²) in [5.74, 6) is 0. The molecule has 0 unspecified atom stereocenters. The second-order valence-corrected chi connectivity index (χ2v) is 7.14. The minimum Gasteiger partial charge on any atom is -0.353 e. The van der Waals surface area contributed by atoms with Crippen molar-refractivity contribution >= 4 is 21.9 Å². The van der Waals surface area contributed by atoms with Crippen molar-refractivity contribution in [1.29, 1.82) is 0 Å². The maximum absolute atomic E-state index is 4.83. The predicted octanol–water partition coefficient (Wildman–Crippen LogP) is 4.06. The van der Waals surface area contributed by atoms with E-state index in [1.165, 1.54) is 6.33 Å². The number of aromatic nitrogens is 8. The molecule has 30 heavy (non-hydrogen) atoms. The molecule has 0 spiro atoms. The van der Waals surface area contributed by atoms with Crippen molar-refractivity contribution < 1.29 is 0 Å². The number of fused-ring (bicyclic) bond motifs is 2. The van der Waals surface area contributed by atoms with Crippen LogP contribution in [0.4, 0.5) is 0 Å². The van der Waals surface area contributed by atoms with Gasteiger partial charge >= 0.3 is 0 Å². The molecule has 2 N–H and O–H groups in total. The molecule has 6 aromatic rings. The quantitative estimate of drug-likeness (QED) is 0.473. The number of hydrogen-bond acceptors (Lipinski definition) is 5. The number of nitrogens with zero attached hydrogens (tertiary/aromatic N) is 6. The lowest BCUT2D eigenvalue weighted by Gasteiger charge is -2.03. The van der Waals surface area contributed by atoms with Crippen LogP contribution in [0.1, 0.15) is 5.69 Å². The van der Waals surface area contributed by atoms with Gasteiger partial charge in [-0.3, -0.25) is 5.10 Å². The molecule has 0 radical (unpaired) electrons. The van der Waals surface area contributed by atoms with Gasteiger partial charge in [0.2, 0.25) is 0 Å². The number of hydrogen-bond donors (Lipinski definition) is 2. The van der Waals surface area contributed by atoms with E-state index in [-0.39, 0.29) is 0 Å². The zero-order valence-electron chi connectivity index (χ0n) is 16.0. The first kappa shape index (κ1) is 16.6. The summed E-state index contributed by atoms with van der Waals surface area (Å²) in [6.07, 6.45) is 8.86. The van der Waals surface area contributed by atoms with Gasteiger partial charge in [0.15, 0.2) is 0 Å². The van der Waals surface area contributed by atoms with Crippen molar-refractivity contribution in [2.75, 3.05) is 0 Å². The SMILES string of the molecule is Cc1cn(-c2cccc3[nH]c(-c4n[nH]c5ccc(-c6cncnc6)nc45)cc23)cn1. The third kappa shape index (κ3) is 2.58. The predicted molar refractivity (Wildman–Crippen MR) is 114 cm³/mol. The van der Waals surface area contributed by atoms with Crippen molar-refractivity contribution in [3.05, 3.63) is 73.3 Å². The molecule has 0 saturated heterocycles. The summed E-state index contributed by atoms with van der Waals surface area (Å²) in [6.45, 7) is 1.98. The number of aryl methyl sites for hydroxylation is 1. The molecule has 8 heteroatoms. The molecule has 0 fully saturated rings. The largest absolute Gasteiger partial charge is 0.353 e. The van der Waals surface area contributed by atoms with Gasteiger partial charge in [0.25, 0.3) is 0 Å². The molecule has 0 bridgehead atoms. The highest BCUT2D eigenvalue weighted by atomic mass is 15.1. The molecule has 0 aliphatic heterocycles. The Morgan fingerprint density at radius 3 is 2.73 bits per heavy atom. The molecule has 5 aromatic heterocycles. The zero-order chi connectivity index (χ0) is 20.1. The lowest BCUT2D eigenvalue weighted by atomic mass is 10.1. The fourth-order valence-corrected chi connectivity index (χ4v) is 3.72. The van der Waals surface area contributed by atoms with Crippen molar-refractivity contribution in [3.8, 4) is 28.3 Å². The second kappa shape index (κ2) is 6.35. The van der Waals surface area contributed by atoms with Crippen LogP contribution in [0.2, 0.25) is 0 Å². The summed E-state index contributed by atoms with van der Waals surface area (Å²) >= 11 is 0. The van der Waals surface area contributed by atoms with Gasteiger partial charge in [-0.15, -0.1) is 0 Å². The molecule has 0 amide bonds. The Bertz CT molecular complexity index is 1510. The van der Waals surface area contributed by atoms with Crippen molar-refractivity contribution in [3.63, 3.8) is 0 Å². The maximum atomic E-state index is 4.83. The number of imidazole rings is 1. The van der Waals surface area contributed by atoms with Crippen molar-refractivity contribution in [1.82, 2.24) is 39.7 Å². The topological polar surface area (TPSA) is 101 Å². The zero-order valence-corrected chi connectivity index (χ0v) is 16.0. The van der Waals surface area contributed by atoms with Gasteiger partial charge < -0.3 is 9.55 Å². The normalized spacial score (nSPS) is 11.5. The van der Waals surface area contributed by atoms with Crippen LogP contribution >= 0.6 is 0 Å². The highest BCUT2D eigenvalue weighted by Gasteiger charge is 2.15. The van der Waals surface area contributed by atoms with Gasteiger partial charge in [-0.05, 0) is 37.3 Å². The number of benzene rings is 1. The minimum atomic E-state index is 0.771. The molecule has 1 aromatic carbocycles. The van der Waals surface area contributed by atoms with E-state index in [4.69, 9.17) is 4.98 Å². The first-order valence-electron chi connectivity index (χ1n) is 9.50. The van der Waals surface area contributed by atoms with E-state index in [9.17, 15) is 0 Å². The van der Waals surface area contributed by atoms with Gasteiger partial charge in [-0.2, -0.15) is 5.10 Å². The molecule has 6 rings (SSSR count). The summed E-state index contributed by atoms with van der Waals surface area (Å²) in [5.41, 5.74) is 8.06. The third-order valence-corrected chi connectivity index (χ3v) is 5.15. The standard InChI is InChI=1S/C22H16N8/c1-13-10-30(12-25-13)20-4-2-3-17-15(20)7-19(26-17)22-21-18(28-29-22)6-5-16(27-21)14-8-23-11-24-9-14/h2-12,26H,1H3,(H,28,29). The minimum absolute atomic E-state index is 0.771. The van der Waals surface area contributed by atoms with Crippen LogP contribution < -0.4 is 0 Å². The average Bonchev–Trinajstić information content (AvgIpc) is 3.51. The van der Waals surface area contributed by atoms with Crippen LogP contribution in [0.3, 0.4) is 0 Å². The summed E-state index contributed by atoms with van der Waals surface area (Å²) in [7, 11) is 0. The first-order chi connectivity index (χ1) is 14.8. The van der Waals surface area contributed by atoms with Gasteiger partial charge in [0.1, 0.15) is 17.5 Å². The van der Waals surface area contributed by atoms with Crippen molar-refractivity contribution in [2.45, 2.75) is 6.92 Å². The van der Waals surface area contributed by atoms with Gasteiger partial charge in [0, 0.05) is 35.1 Å². The Morgan fingerprint density at radius 1 is 1.00 bits per heavy atom. The Labute approximate surface area is 170 Å². The van der Waals surface area contributed by atoms with Crippen molar-refractivity contribution in [2.24, 2.45) is 0 Å². The van der Waals surface area contributed by atoms with Crippen LogP contribution in [-0.2, 0) is 0 Å². The number of aromatic amines is 2. The van der Waals surface area contributed by atoms with Gasteiger partial charge in [0.05, 0.1) is 34.6 Å². The molecule has 144 valence electrons. The van der Waals surface area contributed by atoms with Crippen LogP contribution in [0.15, 0.2) is 67.6 Å². The molecule has 0 atom stereocenters. The molecular formula is C22H16N8. The average molecular weight is 392 g/mol. The monoisotopic (exact) mass is 392 g/mol. The fourth-order valence-electron chi connectivity index (χ4n) is 3.72. The van der Waals surface area contributed by atoms with E-state index in [0.29, 0.717) is 0 Å². The first-order valence-corrected chi connectivity index (χ1v) is 9.50. The Hall–Kier alpha value is -4.33. The fraction of sp³-hybridized carbons (Fsp3) is 0.0455. The van der Waals surface area contributed by atoms with E-state index in [0.717, 1.165) is 56.0 Å². The van der Waals surface area contributed by atoms with Crippen LogP contribution in [0.5, 0.6) is 0 Å². The van der Waals surface area contributed by atoms with Crippen LogP contribution in [0.25, 0.3) is 50.3 Å². The Morgan fingerprint density at radius 2 is 1.90 bits per heavy atom. The molecule has 5 heterocycles. The van der Waals surface area contributed by atoms with Crippen LogP contribution in [-0.4, -0.2) is 39.7 Å². The molecular weight excluding hydrogens is 376 g/mol.